The van der Waals surface area contributed by atoms with Crippen LogP contribution in [0.2, 0.25) is 0 Å². The Labute approximate surface area is 122 Å². The first-order chi connectivity index (χ1) is 9.70. The van der Waals surface area contributed by atoms with Crippen molar-refractivity contribution in [3.63, 3.8) is 0 Å². The number of nitrogens with zero attached hydrogens (tertiary/aromatic N) is 2. The van der Waals surface area contributed by atoms with E-state index >= 15 is 0 Å². The molecule has 0 bridgehead atoms. The van der Waals surface area contributed by atoms with Crippen LogP contribution in [0.1, 0.15) is 11.4 Å². The van der Waals surface area contributed by atoms with Gasteiger partial charge in [-0.2, -0.15) is 0 Å². The van der Waals surface area contributed by atoms with Crippen LogP contribution in [0.3, 0.4) is 0 Å². The first kappa shape index (κ1) is 14.4. The van der Waals surface area contributed by atoms with Gasteiger partial charge < -0.3 is 9.30 Å². The summed E-state index contributed by atoms with van der Waals surface area (Å²) in [6, 6.07) is 4.52. The van der Waals surface area contributed by atoms with Gasteiger partial charge >= 0.3 is 0 Å². The summed E-state index contributed by atoms with van der Waals surface area (Å²) >= 11 is 5.49. The van der Waals surface area contributed by atoms with Gasteiger partial charge in [0.05, 0.1) is 12.4 Å². The summed E-state index contributed by atoms with van der Waals surface area (Å²) in [5, 5.41) is 0. The number of aryl methyl sites for hydroxylation is 1. The zero-order valence-electron chi connectivity index (χ0n) is 11.1. The van der Waals surface area contributed by atoms with Crippen molar-refractivity contribution in [3.05, 3.63) is 47.8 Å². The van der Waals surface area contributed by atoms with Gasteiger partial charge in [0.25, 0.3) is 0 Å². The largest absolute Gasteiger partial charge is 0.489 e. The normalized spacial score (nSPS) is 9.95. The van der Waals surface area contributed by atoms with Crippen LogP contribution >= 0.6 is 11.6 Å². The molecule has 0 unspecified atom stereocenters. The molecule has 2 aromatic rings. The minimum Gasteiger partial charge on any atom is -0.489 e. The fraction of sp³-hybridized carbons (Fsp3) is 0.267. The topological polar surface area (TPSA) is 27.1 Å². The van der Waals surface area contributed by atoms with Crippen molar-refractivity contribution in [1.29, 1.82) is 0 Å². The molecule has 20 heavy (non-hydrogen) atoms. The van der Waals surface area contributed by atoms with Crippen LogP contribution in [-0.4, -0.2) is 22.0 Å². The molecule has 0 amide bonds. The van der Waals surface area contributed by atoms with Crippen LogP contribution in [0, 0.1) is 24.6 Å². The molecule has 0 aliphatic carbocycles. The van der Waals surface area contributed by atoms with E-state index in [9.17, 15) is 4.39 Å². The van der Waals surface area contributed by atoms with Crippen LogP contribution in [-0.2, 0) is 6.54 Å². The van der Waals surface area contributed by atoms with Gasteiger partial charge in [-0.15, -0.1) is 11.6 Å². The lowest BCUT2D eigenvalue weighted by Gasteiger charge is -2.09. The third kappa shape index (κ3) is 3.75. The first-order valence-corrected chi connectivity index (χ1v) is 6.69. The van der Waals surface area contributed by atoms with Gasteiger partial charge in [-0.25, -0.2) is 9.37 Å². The van der Waals surface area contributed by atoms with Crippen molar-refractivity contribution in [2.24, 2.45) is 0 Å². The summed E-state index contributed by atoms with van der Waals surface area (Å²) in [5.41, 5.74) is 0.681. The predicted octanol–water partition coefficient (Wildman–Crippen LogP) is 3.00. The number of benzene rings is 1. The Morgan fingerprint density at radius 1 is 1.45 bits per heavy atom. The summed E-state index contributed by atoms with van der Waals surface area (Å²) in [6.45, 7) is 2.88. The van der Waals surface area contributed by atoms with E-state index in [1.54, 1.807) is 18.3 Å². The van der Waals surface area contributed by atoms with Crippen LogP contribution in [0.25, 0.3) is 0 Å². The lowest BCUT2D eigenvalue weighted by atomic mass is 10.2. The highest BCUT2D eigenvalue weighted by atomic mass is 35.5. The van der Waals surface area contributed by atoms with Gasteiger partial charge in [-0.1, -0.05) is 11.8 Å². The summed E-state index contributed by atoms with van der Waals surface area (Å²) < 4.78 is 21.0. The van der Waals surface area contributed by atoms with Crippen molar-refractivity contribution in [1.82, 2.24) is 9.55 Å². The molecule has 0 radical (unpaired) electrons. The maximum Gasteiger partial charge on any atom is 0.165 e. The second-order valence-electron chi connectivity index (χ2n) is 4.10. The molecule has 0 atom stereocenters. The van der Waals surface area contributed by atoms with E-state index in [4.69, 9.17) is 16.3 Å². The Morgan fingerprint density at radius 3 is 3.00 bits per heavy atom. The first-order valence-electron chi connectivity index (χ1n) is 6.15. The minimum absolute atomic E-state index is 0.198. The molecule has 3 nitrogen and oxygen atoms in total. The lowest BCUT2D eigenvalue weighted by molar-refractivity contribution is 0.283. The van der Waals surface area contributed by atoms with E-state index < -0.39 is 5.82 Å². The fourth-order valence-electron chi connectivity index (χ4n) is 1.72. The van der Waals surface area contributed by atoms with Crippen LogP contribution in [0.5, 0.6) is 5.75 Å². The second-order valence-corrected chi connectivity index (χ2v) is 4.36. The molecule has 0 aliphatic rings. The van der Waals surface area contributed by atoms with Gasteiger partial charge in [0.1, 0.15) is 12.4 Å². The third-order valence-electron chi connectivity index (χ3n) is 2.74. The Balaban J connectivity index is 2.00. The van der Waals surface area contributed by atoms with E-state index in [1.165, 1.54) is 6.07 Å². The van der Waals surface area contributed by atoms with E-state index in [0.29, 0.717) is 18.7 Å². The van der Waals surface area contributed by atoms with Gasteiger partial charge in [-0.3, -0.25) is 0 Å². The van der Waals surface area contributed by atoms with Gasteiger partial charge in [0.2, 0.25) is 0 Å². The van der Waals surface area contributed by atoms with E-state index in [2.05, 4.69) is 16.8 Å². The number of hydrogen-bond donors (Lipinski definition) is 0. The van der Waals surface area contributed by atoms with Crippen LogP contribution in [0.15, 0.2) is 30.6 Å². The van der Waals surface area contributed by atoms with E-state index in [-0.39, 0.29) is 11.6 Å². The number of ether oxygens (including phenoxy) is 1. The number of imidazole rings is 1. The quantitative estimate of drug-likeness (QED) is 0.640. The van der Waals surface area contributed by atoms with E-state index in [1.807, 2.05) is 17.7 Å². The summed E-state index contributed by atoms with van der Waals surface area (Å²) in [5.74, 6) is 6.49. The Bertz CT molecular complexity index is 643. The molecule has 0 spiro atoms. The second kappa shape index (κ2) is 6.97. The van der Waals surface area contributed by atoms with Crippen molar-refractivity contribution < 1.29 is 9.13 Å². The minimum atomic E-state index is -0.399. The molecule has 0 N–H and O–H groups in total. The maximum absolute atomic E-state index is 13.6. The van der Waals surface area contributed by atoms with Crippen LogP contribution in [0.4, 0.5) is 4.39 Å². The fourth-order valence-corrected chi connectivity index (χ4v) is 1.79. The highest BCUT2D eigenvalue weighted by molar-refractivity contribution is 6.19. The van der Waals surface area contributed by atoms with Crippen molar-refractivity contribution in [3.8, 4) is 17.6 Å². The molecule has 0 aliphatic heterocycles. The highest BCUT2D eigenvalue weighted by Crippen LogP contribution is 2.18. The molecule has 0 fully saturated rings. The molecular formula is C15H14ClFN2O. The monoisotopic (exact) mass is 292 g/mol. The molecule has 1 aromatic heterocycles. The van der Waals surface area contributed by atoms with E-state index in [0.717, 1.165) is 5.82 Å². The Hall–Kier alpha value is -1.99. The summed E-state index contributed by atoms with van der Waals surface area (Å²) in [7, 11) is 0. The smallest absolute Gasteiger partial charge is 0.165 e. The van der Waals surface area contributed by atoms with Gasteiger partial charge in [-0.05, 0) is 25.1 Å². The molecule has 5 heteroatoms. The number of hydrogen-bond acceptors (Lipinski definition) is 2. The molecular weight excluding hydrogens is 279 g/mol. The average Bonchev–Trinajstić information content (AvgIpc) is 2.85. The number of rotatable bonds is 4. The number of halogens is 2. The molecule has 1 aromatic carbocycles. The Morgan fingerprint density at radius 2 is 2.30 bits per heavy atom. The molecule has 1 heterocycles. The van der Waals surface area contributed by atoms with Gasteiger partial charge in [0.15, 0.2) is 11.6 Å². The lowest BCUT2D eigenvalue weighted by Crippen LogP contribution is -2.09. The highest BCUT2D eigenvalue weighted by Gasteiger charge is 2.04. The summed E-state index contributed by atoms with van der Waals surface area (Å²) in [4.78, 5) is 4.11. The zero-order chi connectivity index (χ0) is 14.4. The molecule has 104 valence electrons. The predicted molar refractivity (Wildman–Crippen MR) is 76.5 cm³/mol. The van der Waals surface area contributed by atoms with Crippen molar-refractivity contribution >= 4 is 11.6 Å². The van der Waals surface area contributed by atoms with Crippen molar-refractivity contribution in [2.75, 3.05) is 12.5 Å². The maximum atomic E-state index is 13.6. The third-order valence-corrected chi connectivity index (χ3v) is 2.88. The Kier molecular flexibility index (Phi) is 5.03. The van der Waals surface area contributed by atoms with Crippen molar-refractivity contribution in [2.45, 2.75) is 13.5 Å². The summed E-state index contributed by atoms with van der Waals surface area (Å²) in [6.07, 6.45) is 3.58. The molecule has 0 saturated heterocycles. The number of alkyl halides is 1. The standard InChI is InChI=1S/C15H14ClFN2O/c1-12-18-7-8-19(12)9-10-20-15-11-13(3-2-6-16)4-5-14(15)17/h4-5,7-8,11H,6,9-10H2,1H3. The molecule has 2 rings (SSSR count). The van der Waals surface area contributed by atoms with Crippen LogP contribution < -0.4 is 4.74 Å². The molecule has 0 saturated carbocycles. The zero-order valence-corrected chi connectivity index (χ0v) is 11.8. The van der Waals surface area contributed by atoms with Gasteiger partial charge in [0, 0.05) is 18.0 Å². The average molecular weight is 293 g/mol. The SMILES string of the molecule is Cc1nccn1CCOc1cc(C#CCCl)ccc1F. The number of aromatic nitrogens is 2.